The maximum absolute atomic E-state index is 3.97. The second kappa shape index (κ2) is 3.25. The summed E-state index contributed by atoms with van der Waals surface area (Å²) in [6.07, 6.45) is 0. The Bertz CT molecular complexity index is 98.0. The minimum absolute atomic E-state index is 0.868. The van der Waals surface area contributed by atoms with E-state index >= 15 is 0 Å². The molecule has 0 unspecified atom stereocenters. The third-order valence-corrected chi connectivity index (χ3v) is 0.585. The van der Waals surface area contributed by atoms with E-state index in [0.717, 1.165) is 9.81 Å². The molecule has 0 bridgehead atoms. The van der Waals surface area contributed by atoms with Crippen molar-refractivity contribution < 1.29 is 0 Å². The highest BCUT2D eigenvalue weighted by atomic mass is 32.1. The van der Waals surface area contributed by atoms with E-state index in [1.807, 2.05) is 13.8 Å². The maximum atomic E-state index is 3.97. The Morgan fingerprint density at radius 3 is 1.43 bits per heavy atom. The molecule has 40 valence electrons. The lowest BCUT2D eigenvalue weighted by Gasteiger charge is -1.77. The Hall–Kier alpha value is 0.220. The summed E-state index contributed by atoms with van der Waals surface area (Å²) >= 11 is 7.95. The minimum Gasteiger partial charge on any atom is -0.140 e. The van der Waals surface area contributed by atoms with Crippen molar-refractivity contribution in [3.8, 4) is 0 Å². The predicted molar refractivity (Wildman–Crippen MR) is 39.9 cm³/mol. The average Bonchev–Trinajstić information content (AvgIpc) is 1.27. The van der Waals surface area contributed by atoms with Gasteiger partial charge in [-0.2, -0.15) is 0 Å². The molecule has 0 aromatic carbocycles. The van der Waals surface area contributed by atoms with Crippen molar-refractivity contribution in [1.29, 1.82) is 0 Å². The molecular formula is C5H8S2. The van der Waals surface area contributed by atoms with Gasteiger partial charge in [-0.3, -0.25) is 0 Å². The van der Waals surface area contributed by atoms with E-state index in [4.69, 9.17) is 0 Å². The zero-order valence-electron chi connectivity index (χ0n) is 4.39. The predicted octanol–water partition coefficient (Wildman–Crippen LogP) is 2.25. The van der Waals surface area contributed by atoms with Crippen LogP contribution in [0, 0.1) is 0 Å². The Kier molecular flexibility index (Phi) is 3.35. The molecule has 0 amide bonds. The summed E-state index contributed by atoms with van der Waals surface area (Å²) in [7, 11) is 0. The number of allylic oxidation sites excluding steroid dienone is 1. The maximum Gasteiger partial charge on any atom is 0.0212 e. The molecule has 7 heavy (non-hydrogen) atoms. The van der Waals surface area contributed by atoms with Crippen LogP contribution < -0.4 is 0 Å². The summed E-state index contributed by atoms with van der Waals surface area (Å²) in [6.45, 7) is 3.73. The van der Waals surface area contributed by atoms with Gasteiger partial charge in [-0.25, -0.2) is 0 Å². The van der Waals surface area contributed by atoms with Gasteiger partial charge in [0.2, 0.25) is 0 Å². The number of rotatable bonds is 0. The van der Waals surface area contributed by atoms with Crippen LogP contribution in [0.5, 0.6) is 0 Å². The van der Waals surface area contributed by atoms with Crippen LogP contribution >= 0.6 is 25.3 Å². The minimum atomic E-state index is 0.868. The summed E-state index contributed by atoms with van der Waals surface area (Å²) in [5.74, 6) is 0. The molecule has 0 heterocycles. The van der Waals surface area contributed by atoms with E-state index in [1.54, 1.807) is 0 Å². The summed E-state index contributed by atoms with van der Waals surface area (Å²) in [6, 6.07) is 0. The first-order valence-corrected chi connectivity index (χ1v) is 2.84. The van der Waals surface area contributed by atoms with Crippen LogP contribution in [-0.2, 0) is 0 Å². The zero-order chi connectivity index (χ0) is 5.86. The molecule has 0 aliphatic heterocycles. The second-order valence-electron chi connectivity index (χ2n) is 1.30. The van der Waals surface area contributed by atoms with E-state index in [1.165, 1.54) is 0 Å². The van der Waals surface area contributed by atoms with Crippen LogP contribution in [0.2, 0.25) is 0 Å². The lowest BCUT2D eigenvalue weighted by molar-refractivity contribution is 1.65. The Morgan fingerprint density at radius 2 is 1.43 bits per heavy atom. The third kappa shape index (κ3) is 6.22. The van der Waals surface area contributed by atoms with Crippen molar-refractivity contribution in [2.45, 2.75) is 13.8 Å². The molecule has 0 fully saturated rings. The van der Waals surface area contributed by atoms with Gasteiger partial charge in [0, 0.05) is 9.81 Å². The lowest BCUT2D eigenvalue weighted by Crippen LogP contribution is -1.51. The monoisotopic (exact) mass is 132 g/mol. The number of hydrogen-bond acceptors (Lipinski definition) is 2. The molecule has 0 aromatic rings. The molecule has 0 saturated carbocycles. The molecule has 0 aliphatic rings. The second-order valence-corrected chi connectivity index (χ2v) is 2.64. The highest BCUT2D eigenvalue weighted by Gasteiger charge is 1.70. The number of hydrogen-bond donors (Lipinski definition) is 2. The molecule has 0 rings (SSSR count). The van der Waals surface area contributed by atoms with Crippen molar-refractivity contribution in [2.75, 3.05) is 0 Å². The Morgan fingerprint density at radius 1 is 1.14 bits per heavy atom. The van der Waals surface area contributed by atoms with Gasteiger partial charge < -0.3 is 0 Å². The highest BCUT2D eigenvalue weighted by molar-refractivity contribution is 7.85. The summed E-state index contributed by atoms with van der Waals surface area (Å²) in [5.41, 5.74) is 2.87. The fraction of sp³-hybridized carbons (Fsp3) is 0.400. The van der Waals surface area contributed by atoms with Crippen LogP contribution in [0.3, 0.4) is 0 Å². The standard InChI is InChI=1S/C5H8S2/c1-4(6)3-5(2)7/h6-7H,1-2H3. The van der Waals surface area contributed by atoms with E-state index < -0.39 is 0 Å². The van der Waals surface area contributed by atoms with Crippen LogP contribution in [-0.4, -0.2) is 0 Å². The van der Waals surface area contributed by atoms with Crippen molar-refractivity contribution in [3.63, 3.8) is 0 Å². The van der Waals surface area contributed by atoms with Gasteiger partial charge in [-0.15, -0.1) is 31.0 Å². The van der Waals surface area contributed by atoms with E-state index in [2.05, 4.69) is 31.0 Å². The molecule has 2 heteroatoms. The normalized spacial score (nSPS) is 7.43. The quantitative estimate of drug-likeness (QED) is 0.366. The molecular weight excluding hydrogens is 124 g/mol. The summed E-state index contributed by atoms with van der Waals surface area (Å²) < 4.78 is 0. The highest BCUT2D eigenvalue weighted by Crippen LogP contribution is 1.99. The molecule has 0 aromatic heterocycles. The fourth-order valence-electron chi connectivity index (χ4n) is 0.262. The van der Waals surface area contributed by atoms with Gasteiger partial charge in [-0.05, 0) is 13.8 Å². The molecule has 0 nitrogen and oxygen atoms in total. The Balaban J connectivity index is 4.13. The summed E-state index contributed by atoms with van der Waals surface area (Å²) in [4.78, 5) is 1.74. The van der Waals surface area contributed by atoms with E-state index in [0.29, 0.717) is 0 Å². The molecule has 0 saturated heterocycles. The van der Waals surface area contributed by atoms with Gasteiger partial charge in [0.15, 0.2) is 0 Å². The van der Waals surface area contributed by atoms with Crippen LogP contribution in [0.25, 0.3) is 0 Å². The van der Waals surface area contributed by atoms with Crippen molar-refractivity contribution >= 4 is 25.3 Å². The van der Waals surface area contributed by atoms with E-state index in [9.17, 15) is 0 Å². The molecule has 0 radical (unpaired) electrons. The van der Waals surface area contributed by atoms with Gasteiger partial charge >= 0.3 is 0 Å². The molecule has 0 atom stereocenters. The largest absolute Gasteiger partial charge is 0.140 e. The van der Waals surface area contributed by atoms with Crippen molar-refractivity contribution in [2.24, 2.45) is 0 Å². The Labute approximate surface area is 55.1 Å². The first-order valence-electron chi connectivity index (χ1n) is 1.95. The summed E-state index contributed by atoms with van der Waals surface area (Å²) in [5, 5.41) is 0. The lowest BCUT2D eigenvalue weighted by atomic mass is 10.6. The van der Waals surface area contributed by atoms with Gasteiger partial charge in [0.25, 0.3) is 0 Å². The zero-order valence-corrected chi connectivity index (χ0v) is 6.18. The topological polar surface area (TPSA) is 0 Å². The van der Waals surface area contributed by atoms with Gasteiger partial charge in [0.1, 0.15) is 0 Å². The van der Waals surface area contributed by atoms with Crippen LogP contribution in [0.15, 0.2) is 15.5 Å². The first kappa shape index (κ1) is 7.22. The van der Waals surface area contributed by atoms with Gasteiger partial charge in [0.05, 0.1) is 0 Å². The average molecular weight is 132 g/mol. The SMILES string of the molecule is CC(S)=C=C(C)S. The van der Waals surface area contributed by atoms with E-state index in [-0.39, 0.29) is 0 Å². The van der Waals surface area contributed by atoms with Crippen molar-refractivity contribution in [3.05, 3.63) is 15.5 Å². The first-order chi connectivity index (χ1) is 3.13. The fourth-order valence-corrected chi connectivity index (χ4v) is 0.685. The third-order valence-electron chi connectivity index (χ3n) is 0.362. The van der Waals surface area contributed by atoms with Gasteiger partial charge in [-0.1, -0.05) is 0 Å². The smallest absolute Gasteiger partial charge is 0.0212 e. The van der Waals surface area contributed by atoms with Crippen molar-refractivity contribution in [1.82, 2.24) is 0 Å². The number of thiol groups is 2. The van der Waals surface area contributed by atoms with Crippen LogP contribution in [0.4, 0.5) is 0 Å². The molecule has 0 N–H and O–H groups in total. The van der Waals surface area contributed by atoms with Crippen LogP contribution in [0.1, 0.15) is 13.8 Å². The molecule has 0 aliphatic carbocycles. The molecule has 0 spiro atoms.